The molecule has 0 aromatic heterocycles. The number of rotatable bonds is 4. The van der Waals surface area contributed by atoms with E-state index in [-0.39, 0.29) is 11.9 Å². The highest BCUT2D eigenvalue weighted by molar-refractivity contribution is 9.10. The molecule has 1 aromatic carbocycles. The van der Waals surface area contributed by atoms with Gasteiger partial charge in [0.25, 0.3) is 0 Å². The second kappa shape index (κ2) is 8.62. The number of hydrogen-bond acceptors (Lipinski definition) is 4. The van der Waals surface area contributed by atoms with Gasteiger partial charge < -0.3 is 10.2 Å². The van der Waals surface area contributed by atoms with Crippen LogP contribution in [0.1, 0.15) is 19.8 Å². The van der Waals surface area contributed by atoms with Crippen molar-refractivity contribution in [3.63, 3.8) is 0 Å². The van der Waals surface area contributed by atoms with E-state index in [0.717, 1.165) is 36.3 Å². The summed E-state index contributed by atoms with van der Waals surface area (Å²) in [6.45, 7) is 8.48. The van der Waals surface area contributed by atoms with Crippen LogP contribution in [0.4, 0.5) is 5.69 Å². The smallest absolute Gasteiger partial charge is 0.241 e. The van der Waals surface area contributed by atoms with Gasteiger partial charge in [0.05, 0.1) is 6.04 Å². The minimum Gasteiger partial charge on any atom is -0.325 e. The third-order valence-corrected chi connectivity index (χ3v) is 6.03. The molecule has 0 saturated carbocycles. The fourth-order valence-corrected chi connectivity index (χ4v) is 4.14. The fraction of sp³-hybridized carbons (Fsp3) is 0.632. The molecule has 0 spiro atoms. The third-order valence-electron chi connectivity index (χ3n) is 5.50. The molecule has 2 aliphatic rings. The quantitative estimate of drug-likeness (QED) is 0.830. The Hall–Kier alpha value is -0.950. The minimum absolute atomic E-state index is 0.0770. The topological polar surface area (TPSA) is 38.8 Å². The van der Waals surface area contributed by atoms with Gasteiger partial charge in [0.1, 0.15) is 0 Å². The highest BCUT2D eigenvalue weighted by Gasteiger charge is 2.30. The lowest BCUT2D eigenvalue weighted by Gasteiger charge is -2.43. The Morgan fingerprint density at radius 1 is 1.16 bits per heavy atom. The van der Waals surface area contributed by atoms with Gasteiger partial charge in [-0.15, -0.1) is 0 Å². The molecule has 1 N–H and O–H groups in total. The predicted molar refractivity (Wildman–Crippen MR) is 106 cm³/mol. The van der Waals surface area contributed by atoms with Gasteiger partial charge in [-0.3, -0.25) is 14.6 Å². The van der Waals surface area contributed by atoms with Crippen LogP contribution in [-0.2, 0) is 4.79 Å². The molecular formula is C19H29BrN4O. The average Bonchev–Trinajstić information content (AvgIpc) is 2.63. The number of amides is 1. The number of likely N-dealkylation sites (N-methyl/N-ethyl adjacent to an activating group) is 1. The van der Waals surface area contributed by atoms with Crippen LogP contribution in [-0.4, -0.2) is 79.0 Å². The number of carbonyl (C=O) groups is 1. The number of piperazine rings is 1. The molecule has 0 radical (unpaired) electrons. The Labute approximate surface area is 159 Å². The number of carbonyl (C=O) groups excluding carboxylic acids is 1. The number of halogens is 1. The lowest BCUT2D eigenvalue weighted by Crippen LogP contribution is -2.57. The van der Waals surface area contributed by atoms with Crippen molar-refractivity contribution in [3.8, 4) is 0 Å². The van der Waals surface area contributed by atoms with Crippen LogP contribution in [0.15, 0.2) is 28.7 Å². The van der Waals surface area contributed by atoms with Gasteiger partial charge in [-0.25, -0.2) is 0 Å². The Bertz CT molecular complexity index is 571. The van der Waals surface area contributed by atoms with Gasteiger partial charge in [-0.2, -0.15) is 0 Å². The highest BCUT2D eigenvalue weighted by Crippen LogP contribution is 2.18. The van der Waals surface area contributed by atoms with E-state index in [2.05, 4.69) is 43.0 Å². The number of likely N-dealkylation sites (tertiary alicyclic amines) is 1. The molecule has 5 nitrogen and oxygen atoms in total. The first kappa shape index (κ1) is 18.8. The molecule has 3 rings (SSSR count). The van der Waals surface area contributed by atoms with Gasteiger partial charge in [-0.1, -0.05) is 15.9 Å². The molecule has 0 aliphatic carbocycles. The van der Waals surface area contributed by atoms with Crippen molar-refractivity contribution in [1.29, 1.82) is 0 Å². The third kappa shape index (κ3) is 5.03. The largest absolute Gasteiger partial charge is 0.325 e. The number of benzene rings is 1. The van der Waals surface area contributed by atoms with Gasteiger partial charge in [-0.05, 0) is 57.6 Å². The molecule has 2 atom stereocenters. The Morgan fingerprint density at radius 2 is 1.84 bits per heavy atom. The first-order valence-corrected chi connectivity index (χ1v) is 10.1. The van der Waals surface area contributed by atoms with E-state index in [1.165, 1.54) is 25.9 Å². The van der Waals surface area contributed by atoms with Crippen molar-refractivity contribution in [2.24, 2.45) is 0 Å². The number of anilines is 1. The maximum Gasteiger partial charge on any atom is 0.241 e. The Balaban J connectivity index is 1.48. The SMILES string of the molecule is CC(C(=O)Nc1ccc(Br)cc1)N1CCN(C2CCCN(C)C2)CC1. The summed E-state index contributed by atoms with van der Waals surface area (Å²) in [5, 5.41) is 3.02. The molecule has 2 heterocycles. The highest BCUT2D eigenvalue weighted by atomic mass is 79.9. The molecule has 2 unspecified atom stereocenters. The van der Waals surface area contributed by atoms with Crippen molar-refractivity contribution >= 4 is 27.5 Å². The first-order valence-electron chi connectivity index (χ1n) is 9.26. The second-order valence-corrected chi connectivity index (χ2v) is 8.22. The van der Waals surface area contributed by atoms with Crippen LogP contribution in [0.25, 0.3) is 0 Å². The van der Waals surface area contributed by atoms with Crippen LogP contribution < -0.4 is 5.32 Å². The predicted octanol–water partition coefficient (Wildman–Crippen LogP) is 2.49. The monoisotopic (exact) mass is 408 g/mol. The van der Waals surface area contributed by atoms with E-state index in [1.54, 1.807) is 0 Å². The van der Waals surface area contributed by atoms with Crippen molar-refractivity contribution in [2.75, 3.05) is 51.6 Å². The van der Waals surface area contributed by atoms with Crippen LogP contribution in [0, 0.1) is 0 Å². The molecule has 1 aromatic rings. The zero-order valence-corrected chi connectivity index (χ0v) is 16.8. The lowest BCUT2D eigenvalue weighted by molar-refractivity contribution is -0.121. The van der Waals surface area contributed by atoms with E-state index in [4.69, 9.17) is 0 Å². The standard InChI is InChI=1S/C19H29BrN4O/c1-15(19(25)21-17-7-5-16(20)6-8-17)23-10-12-24(13-11-23)18-4-3-9-22(2)14-18/h5-8,15,18H,3-4,9-14H2,1-2H3,(H,21,25). The maximum absolute atomic E-state index is 12.5. The molecule has 2 fully saturated rings. The first-order chi connectivity index (χ1) is 12.0. The van der Waals surface area contributed by atoms with E-state index in [1.807, 2.05) is 31.2 Å². The summed E-state index contributed by atoms with van der Waals surface area (Å²) in [5.41, 5.74) is 0.851. The van der Waals surface area contributed by atoms with Crippen LogP contribution in [0.3, 0.4) is 0 Å². The molecule has 138 valence electrons. The van der Waals surface area contributed by atoms with Crippen LogP contribution >= 0.6 is 15.9 Å². The summed E-state index contributed by atoms with van der Waals surface area (Å²) >= 11 is 3.42. The summed E-state index contributed by atoms with van der Waals surface area (Å²) in [5.74, 6) is 0.0770. The molecule has 25 heavy (non-hydrogen) atoms. The lowest BCUT2D eigenvalue weighted by atomic mass is 10.0. The van der Waals surface area contributed by atoms with Crippen LogP contribution in [0.2, 0.25) is 0 Å². The number of nitrogens with zero attached hydrogens (tertiary/aromatic N) is 3. The second-order valence-electron chi connectivity index (χ2n) is 7.30. The summed E-state index contributed by atoms with van der Waals surface area (Å²) in [6.07, 6.45) is 2.61. The maximum atomic E-state index is 12.5. The summed E-state index contributed by atoms with van der Waals surface area (Å²) in [6, 6.07) is 8.33. The summed E-state index contributed by atoms with van der Waals surface area (Å²) in [7, 11) is 2.22. The summed E-state index contributed by atoms with van der Waals surface area (Å²) in [4.78, 5) is 19.9. The number of piperidine rings is 1. The van der Waals surface area contributed by atoms with Crippen molar-refractivity contribution in [2.45, 2.75) is 31.8 Å². The van der Waals surface area contributed by atoms with Crippen LogP contribution in [0.5, 0.6) is 0 Å². The van der Waals surface area contributed by atoms with Gasteiger partial charge >= 0.3 is 0 Å². The van der Waals surface area contributed by atoms with E-state index in [0.29, 0.717) is 6.04 Å². The molecule has 6 heteroatoms. The zero-order valence-electron chi connectivity index (χ0n) is 15.2. The normalized spacial score (nSPS) is 24.8. The average molecular weight is 409 g/mol. The molecule has 1 amide bonds. The molecular weight excluding hydrogens is 380 g/mol. The van der Waals surface area contributed by atoms with Gasteiger partial charge in [0.15, 0.2) is 0 Å². The van der Waals surface area contributed by atoms with Crippen molar-refractivity contribution in [1.82, 2.24) is 14.7 Å². The Kier molecular flexibility index (Phi) is 6.49. The van der Waals surface area contributed by atoms with Crippen molar-refractivity contribution in [3.05, 3.63) is 28.7 Å². The molecule has 2 saturated heterocycles. The van der Waals surface area contributed by atoms with E-state index >= 15 is 0 Å². The summed E-state index contributed by atoms with van der Waals surface area (Å²) < 4.78 is 1.02. The molecule has 2 aliphatic heterocycles. The number of hydrogen-bond donors (Lipinski definition) is 1. The van der Waals surface area contributed by atoms with Gasteiger partial charge in [0, 0.05) is 48.9 Å². The zero-order chi connectivity index (χ0) is 17.8. The minimum atomic E-state index is -0.0974. The van der Waals surface area contributed by atoms with E-state index < -0.39 is 0 Å². The van der Waals surface area contributed by atoms with E-state index in [9.17, 15) is 4.79 Å². The van der Waals surface area contributed by atoms with Gasteiger partial charge in [0.2, 0.25) is 5.91 Å². The Morgan fingerprint density at radius 3 is 2.48 bits per heavy atom. The fourth-order valence-electron chi connectivity index (χ4n) is 3.87. The molecule has 0 bridgehead atoms. The van der Waals surface area contributed by atoms with Crippen molar-refractivity contribution < 1.29 is 4.79 Å². The number of nitrogens with one attached hydrogen (secondary N) is 1.